The fourth-order valence-electron chi connectivity index (χ4n) is 3.29. The summed E-state index contributed by atoms with van der Waals surface area (Å²) in [6.45, 7) is 2.58. The molecule has 0 saturated carbocycles. The van der Waals surface area contributed by atoms with Gasteiger partial charge in [-0.1, -0.05) is 74.0 Å². The molecule has 0 heterocycles. The molecule has 7 heteroatoms. The van der Waals surface area contributed by atoms with Gasteiger partial charge in [0.05, 0.1) is 0 Å². The van der Waals surface area contributed by atoms with Crippen LogP contribution < -0.4 is 5.32 Å². The lowest BCUT2D eigenvalue weighted by molar-refractivity contribution is 0.364. The Morgan fingerprint density at radius 1 is 0.857 bits per heavy atom. The third-order valence-electron chi connectivity index (χ3n) is 4.73. The first-order valence-corrected chi connectivity index (χ1v) is 10.9. The first-order chi connectivity index (χ1) is 12.9. The number of aryl methyl sites for hydroxylation is 1. The highest BCUT2D eigenvalue weighted by Gasteiger charge is 2.65. The Bertz CT molecular complexity index is 980. The Morgan fingerprint density at radius 2 is 1.54 bits per heavy atom. The fourth-order valence-corrected chi connectivity index (χ4v) is 4.00. The Hall–Kier alpha value is -2.12. The van der Waals surface area contributed by atoms with Gasteiger partial charge < -0.3 is 5.32 Å². The van der Waals surface area contributed by atoms with Crippen molar-refractivity contribution in [3.8, 4) is 0 Å². The summed E-state index contributed by atoms with van der Waals surface area (Å²) in [6.07, 6.45) is 0.829. The molecule has 0 aliphatic rings. The highest BCUT2D eigenvalue weighted by Crippen LogP contribution is 3.02. The number of benzene rings is 3. The van der Waals surface area contributed by atoms with Crippen LogP contribution in [0.2, 0.25) is 0 Å². The minimum atomic E-state index is -9.63. The number of hydrogen-bond donors (Lipinski definition) is 1. The third kappa shape index (κ3) is 5.02. The maximum absolute atomic E-state index is 12.9. The van der Waals surface area contributed by atoms with Crippen molar-refractivity contribution in [2.24, 2.45) is 0 Å². The van der Waals surface area contributed by atoms with E-state index in [0.29, 0.717) is 25.1 Å². The van der Waals surface area contributed by atoms with Gasteiger partial charge >= 0.3 is 10.2 Å². The largest absolute Gasteiger partial charge is 0.310 e. The molecule has 3 aromatic carbocycles. The van der Waals surface area contributed by atoms with Gasteiger partial charge in [-0.25, -0.2) is 0 Å². The van der Waals surface area contributed by atoms with Gasteiger partial charge in [0.2, 0.25) is 0 Å². The molecule has 0 aliphatic carbocycles. The van der Waals surface area contributed by atoms with Gasteiger partial charge in [-0.15, -0.1) is 0 Å². The average Bonchev–Trinajstić information content (AvgIpc) is 2.63. The number of halogens is 5. The second-order valence-electron chi connectivity index (χ2n) is 6.96. The van der Waals surface area contributed by atoms with Gasteiger partial charge in [-0.05, 0) is 60.3 Å². The van der Waals surface area contributed by atoms with Crippen LogP contribution in [-0.2, 0) is 6.42 Å². The van der Waals surface area contributed by atoms with Crippen molar-refractivity contribution in [1.29, 1.82) is 0 Å². The molecule has 0 fully saturated rings. The van der Waals surface area contributed by atoms with E-state index in [1.165, 1.54) is 6.07 Å². The lowest BCUT2D eigenvalue weighted by Gasteiger charge is -2.40. The maximum Gasteiger partial charge on any atom is 0.310 e. The van der Waals surface area contributed by atoms with Gasteiger partial charge in [0, 0.05) is 6.04 Å². The van der Waals surface area contributed by atoms with E-state index in [-0.39, 0.29) is 18.0 Å². The van der Waals surface area contributed by atoms with Crippen molar-refractivity contribution in [2.45, 2.75) is 30.7 Å². The zero-order valence-corrected chi connectivity index (χ0v) is 16.2. The number of hydrogen-bond acceptors (Lipinski definition) is 1. The van der Waals surface area contributed by atoms with Crippen molar-refractivity contribution < 1.29 is 19.4 Å². The van der Waals surface area contributed by atoms with Crippen molar-refractivity contribution in [2.75, 3.05) is 6.54 Å². The summed E-state index contributed by atoms with van der Waals surface area (Å²) >= 11 is 0. The number of rotatable bonds is 7. The minimum absolute atomic E-state index is 0.0575. The highest BCUT2D eigenvalue weighted by atomic mass is 32.5. The van der Waals surface area contributed by atoms with Crippen LogP contribution in [0.5, 0.6) is 0 Å². The topological polar surface area (TPSA) is 12.0 Å². The molecule has 0 unspecified atom stereocenters. The first kappa shape index (κ1) is 20.6. The van der Waals surface area contributed by atoms with E-state index in [0.717, 1.165) is 22.4 Å². The lowest BCUT2D eigenvalue weighted by Crippen LogP contribution is -2.20. The smallest absolute Gasteiger partial charge is 0.310 e. The van der Waals surface area contributed by atoms with E-state index >= 15 is 0 Å². The molecule has 0 aromatic heterocycles. The highest BCUT2D eigenvalue weighted by molar-refractivity contribution is 8.45. The second-order valence-corrected chi connectivity index (χ2v) is 9.37. The van der Waals surface area contributed by atoms with Crippen LogP contribution in [0.3, 0.4) is 0 Å². The van der Waals surface area contributed by atoms with E-state index in [9.17, 15) is 19.4 Å². The van der Waals surface area contributed by atoms with E-state index < -0.39 is 15.1 Å². The van der Waals surface area contributed by atoms with Crippen LogP contribution in [0.4, 0.5) is 19.4 Å². The van der Waals surface area contributed by atoms with Crippen LogP contribution in [0.25, 0.3) is 10.8 Å². The zero-order chi connectivity index (χ0) is 20.5. The quantitative estimate of drug-likeness (QED) is 0.307. The Morgan fingerprint density at radius 3 is 2.29 bits per heavy atom. The van der Waals surface area contributed by atoms with Gasteiger partial charge in [0.25, 0.3) is 0 Å². The molecule has 0 saturated heterocycles. The summed E-state index contributed by atoms with van der Waals surface area (Å²) in [5, 5.41) is 5.65. The van der Waals surface area contributed by atoms with Crippen LogP contribution in [0.1, 0.15) is 30.5 Å². The maximum atomic E-state index is 12.9. The van der Waals surface area contributed by atoms with Crippen LogP contribution in [0, 0.1) is 0 Å². The first-order valence-electron chi connectivity index (χ1n) is 8.98. The summed E-state index contributed by atoms with van der Waals surface area (Å²) in [4.78, 5) is -1.82. The molecule has 3 rings (SSSR count). The van der Waals surface area contributed by atoms with Crippen LogP contribution in [-0.4, -0.2) is 6.54 Å². The summed E-state index contributed by atoms with van der Waals surface area (Å²) in [5.74, 6) is 0. The van der Waals surface area contributed by atoms with Crippen LogP contribution >= 0.6 is 10.2 Å². The second kappa shape index (κ2) is 6.74. The summed E-state index contributed by atoms with van der Waals surface area (Å²) in [5.41, 5.74) is 1.39. The zero-order valence-electron chi connectivity index (χ0n) is 15.3. The van der Waals surface area contributed by atoms with E-state index in [1.807, 2.05) is 49.4 Å². The molecular formula is C21H22F5NS. The number of nitrogens with one attached hydrogen (secondary N) is 1. The predicted octanol–water partition coefficient (Wildman–Crippen LogP) is 7.78. The molecular weight excluding hydrogens is 393 g/mol. The SMILES string of the molecule is C[C@@H](NCCCc1cccc(S(F)(F)(F)(F)F)c1)c1cccc2ccccc12. The molecule has 152 valence electrons. The third-order valence-corrected chi connectivity index (χ3v) is 5.87. The molecule has 0 radical (unpaired) electrons. The normalized spacial score (nSPS) is 15.8. The number of fused-ring (bicyclic) bond motifs is 1. The monoisotopic (exact) mass is 415 g/mol. The van der Waals surface area contributed by atoms with E-state index in [2.05, 4.69) is 5.32 Å². The molecule has 1 atom stereocenters. The van der Waals surface area contributed by atoms with Crippen molar-refractivity contribution in [1.82, 2.24) is 5.32 Å². The minimum Gasteiger partial charge on any atom is -0.310 e. The Labute approximate surface area is 161 Å². The van der Waals surface area contributed by atoms with Gasteiger partial charge in [-0.2, -0.15) is 0 Å². The predicted molar refractivity (Wildman–Crippen MR) is 107 cm³/mol. The molecule has 0 spiro atoms. The van der Waals surface area contributed by atoms with Gasteiger partial charge in [-0.3, -0.25) is 0 Å². The van der Waals surface area contributed by atoms with E-state index in [4.69, 9.17) is 0 Å². The average molecular weight is 415 g/mol. The van der Waals surface area contributed by atoms with Gasteiger partial charge in [0.1, 0.15) is 4.90 Å². The van der Waals surface area contributed by atoms with Crippen molar-refractivity contribution in [3.05, 3.63) is 77.9 Å². The molecule has 1 nitrogen and oxygen atoms in total. The molecule has 3 aromatic rings. The van der Waals surface area contributed by atoms with Crippen LogP contribution in [0.15, 0.2) is 71.6 Å². The Balaban J connectivity index is 1.61. The lowest BCUT2D eigenvalue weighted by atomic mass is 9.99. The molecule has 28 heavy (non-hydrogen) atoms. The molecule has 1 N–H and O–H groups in total. The summed E-state index contributed by atoms with van der Waals surface area (Å²) in [6, 6.07) is 17.6. The summed E-state index contributed by atoms with van der Waals surface area (Å²) < 4.78 is 64.6. The van der Waals surface area contributed by atoms with Crippen molar-refractivity contribution >= 4 is 21.0 Å². The standard InChI is InChI=1S/C21H22F5NS/c1-16(20-13-5-10-18-9-2-3-12-21(18)20)27-14-6-8-17-7-4-11-19(15-17)28(22,23,24,25)26/h2-5,7,9-13,15-16,27H,6,8,14H2,1H3/t16-/m1/s1. The molecule has 0 amide bonds. The summed E-state index contributed by atoms with van der Waals surface area (Å²) in [7, 11) is -9.63. The molecule has 0 aliphatic heterocycles. The van der Waals surface area contributed by atoms with E-state index in [1.54, 1.807) is 0 Å². The van der Waals surface area contributed by atoms with Gasteiger partial charge in [0.15, 0.2) is 0 Å². The van der Waals surface area contributed by atoms with Crippen molar-refractivity contribution in [3.63, 3.8) is 0 Å². The molecule has 0 bridgehead atoms. The Kier molecular flexibility index (Phi) is 4.96. The fraction of sp³-hybridized carbons (Fsp3) is 0.238.